The molecule has 15 heteroatoms. The van der Waals surface area contributed by atoms with Gasteiger partial charge >= 0.3 is 0 Å². The number of fused-ring (bicyclic) bond motifs is 6. The molecule has 0 fully saturated rings. The van der Waals surface area contributed by atoms with Crippen molar-refractivity contribution >= 4 is 187 Å². The maximum Gasteiger partial charge on any atom is 0.238 e. The van der Waals surface area contributed by atoms with Crippen LogP contribution in [0.2, 0.25) is 0 Å². The van der Waals surface area contributed by atoms with Gasteiger partial charge in [0.25, 0.3) is 0 Å². The summed E-state index contributed by atoms with van der Waals surface area (Å²) in [6.45, 7) is 0. The molecule has 596 valence electrons. The first-order valence-corrected chi connectivity index (χ1v) is 45.9. The average Bonchev–Trinajstić information content (AvgIpc) is 1.54. The third-order valence-corrected chi connectivity index (χ3v) is 29.8. The van der Waals surface area contributed by atoms with Crippen molar-refractivity contribution in [3.63, 3.8) is 0 Å². The Labute approximate surface area is 748 Å². The van der Waals surface area contributed by atoms with Crippen molar-refractivity contribution in [2.24, 2.45) is 0 Å². The lowest BCUT2D eigenvalue weighted by atomic mass is 9.94. The average molecular weight is 1710 g/mol. The van der Waals surface area contributed by atoms with E-state index >= 15 is 0 Å². The SMILES string of the molecule is c1ccc(-c2cc3c4c5c(cccc25)Sc2cccc(c24)n3-c2nc(-c3ccccc3)c3oc4ccccc4c3n2)cc1.c1ccc(-c2cc3c4c5c(cccc25)Sc2cccc(c24)n3-c2nc(-c3ccccc3)c3sc4ccccc4c3n2)cc1.c1ccc(-c2nc(-c3ccccc3)nc(-n3c4cccc5c4c4c6c(cccc6c(-c6ccccc6)cc43)S5)n2)cc1. The summed E-state index contributed by atoms with van der Waals surface area (Å²) in [7, 11) is 0. The van der Waals surface area contributed by atoms with Crippen LogP contribution in [0.5, 0.6) is 0 Å². The second kappa shape index (κ2) is 29.0. The third-order valence-electron chi connectivity index (χ3n) is 25.2. The topological polar surface area (TPSA) is 118 Å². The second-order valence-electron chi connectivity index (χ2n) is 32.4. The van der Waals surface area contributed by atoms with E-state index in [0.717, 1.165) is 93.4 Å². The third kappa shape index (κ3) is 11.3. The molecule has 0 aliphatic carbocycles. The fourth-order valence-corrected chi connectivity index (χ4v) is 24.4. The van der Waals surface area contributed by atoms with Crippen LogP contribution in [0.25, 0.3) is 237 Å². The summed E-state index contributed by atoms with van der Waals surface area (Å²) in [5.74, 6) is 3.26. The van der Waals surface area contributed by atoms with Crippen LogP contribution in [0.1, 0.15) is 0 Å². The minimum absolute atomic E-state index is 0.614. The first kappa shape index (κ1) is 72.8. The Bertz CT molecular complexity index is 8740. The molecule has 3 aliphatic heterocycles. The van der Waals surface area contributed by atoms with Crippen LogP contribution >= 0.6 is 46.6 Å². The van der Waals surface area contributed by atoms with Gasteiger partial charge in [-0.3, -0.25) is 13.7 Å². The summed E-state index contributed by atoms with van der Waals surface area (Å²) in [5.41, 5.74) is 23.0. The summed E-state index contributed by atoms with van der Waals surface area (Å²) < 4.78 is 15.6. The van der Waals surface area contributed by atoms with Crippen molar-refractivity contribution in [2.75, 3.05) is 0 Å². The van der Waals surface area contributed by atoms with Gasteiger partial charge in [0.05, 0.1) is 49.0 Å². The number of hydrogen-bond donors (Lipinski definition) is 0. The number of aromatic nitrogens is 10. The van der Waals surface area contributed by atoms with Crippen LogP contribution in [0.4, 0.5) is 0 Å². The molecule has 0 saturated carbocycles. The van der Waals surface area contributed by atoms with Crippen molar-refractivity contribution in [1.82, 2.24) is 48.6 Å². The van der Waals surface area contributed by atoms with E-state index in [9.17, 15) is 0 Å². The minimum Gasteiger partial charge on any atom is -0.452 e. The number of nitrogens with zero attached hydrogens (tertiary/aromatic N) is 10. The van der Waals surface area contributed by atoms with Crippen molar-refractivity contribution in [3.8, 4) is 96.5 Å². The van der Waals surface area contributed by atoms with E-state index in [1.54, 1.807) is 11.3 Å². The Morgan fingerprint density at radius 2 is 0.539 bits per heavy atom. The molecule has 0 N–H and O–H groups in total. The molecule has 8 aromatic heterocycles. The Morgan fingerprint density at radius 1 is 0.219 bits per heavy atom. The maximum absolute atomic E-state index is 6.41. The van der Waals surface area contributed by atoms with Gasteiger partial charge in [0.15, 0.2) is 17.2 Å². The first-order valence-electron chi connectivity index (χ1n) is 42.7. The van der Waals surface area contributed by atoms with Gasteiger partial charge in [-0.25, -0.2) is 24.9 Å². The van der Waals surface area contributed by atoms with E-state index in [2.05, 4.69) is 329 Å². The van der Waals surface area contributed by atoms with E-state index in [1.807, 2.05) is 108 Å². The molecule has 26 aromatic rings. The quantitative estimate of drug-likeness (QED) is 0.130. The normalized spacial score (nSPS) is 12.4. The first-order chi connectivity index (χ1) is 63.5. The number of hydrogen-bond acceptors (Lipinski definition) is 12. The zero-order valence-corrected chi connectivity index (χ0v) is 71.2. The van der Waals surface area contributed by atoms with Gasteiger partial charge in [-0.1, -0.05) is 333 Å². The smallest absolute Gasteiger partial charge is 0.238 e. The van der Waals surface area contributed by atoms with Crippen LogP contribution in [-0.2, 0) is 0 Å². The van der Waals surface area contributed by atoms with E-state index in [-0.39, 0.29) is 0 Å². The van der Waals surface area contributed by atoms with Crippen LogP contribution in [0.3, 0.4) is 0 Å². The zero-order valence-electron chi connectivity index (χ0n) is 68.0. The molecule has 0 atom stereocenters. The van der Waals surface area contributed by atoms with Crippen molar-refractivity contribution in [2.45, 2.75) is 29.4 Å². The molecule has 0 bridgehead atoms. The Balaban J connectivity index is 0.0000000993. The lowest BCUT2D eigenvalue weighted by Gasteiger charge is -2.17. The van der Waals surface area contributed by atoms with Crippen LogP contribution in [0.15, 0.2) is 422 Å². The van der Waals surface area contributed by atoms with E-state index in [1.165, 1.54) is 137 Å². The van der Waals surface area contributed by atoms with Gasteiger partial charge in [0.1, 0.15) is 16.8 Å². The highest BCUT2D eigenvalue weighted by molar-refractivity contribution is 8.00. The van der Waals surface area contributed by atoms with Gasteiger partial charge in [-0.15, -0.1) is 11.3 Å². The number of furan rings is 1. The highest BCUT2D eigenvalue weighted by atomic mass is 32.2. The number of benzene rings is 18. The van der Waals surface area contributed by atoms with E-state index in [0.29, 0.717) is 35.1 Å². The summed E-state index contributed by atoms with van der Waals surface area (Å²) in [6.07, 6.45) is 0. The van der Waals surface area contributed by atoms with Crippen molar-refractivity contribution in [1.29, 1.82) is 0 Å². The monoisotopic (exact) mass is 1700 g/mol. The molecule has 11 nitrogen and oxygen atoms in total. The molecule has 0 unspecified atom stereocenters. The highest BCUT2D eigenvalue weighted by Crippen LogP contribution is 2.57. The standard InChI is InChI=1S/C38H21N3OS.C38H21N3S2.C37H22N4S/c1-3-11-22(12-4-1)26-21-28-34-32-24(26)16-9-19-30(32)43-31-20-10-17-27(33(31)34)41(28)38-39-35(23-13-5-2-6-14-23)37-36(40-38)25-15-7-8-18-29(25)42-37;1-3-11-22(12-4-1)26-21-28-34-32-24(26)16-9-19-30(32)42-31-20-10-17-27(33(31)34)41(28)38-39-35(23-13-5-2-6-14-23)37-36(40-38)25-15-7-8-18-29(25)43-37;1-4-12-23(13-5-1)27-22-29-34-32-26(27)18-10-20-30(32)42-31-21-11-19-28(33(31)34)41(29)37-39-35(24-14-6-2-7-15-24)38-36(40-37)25-16-8-3-9-17-25/h2*1-21H;1-22H. The zero-order chi connectivity index (χ0) is 83.8. The van der Waals surface area contributed by atoms with Gasteiger partial charge in [0, 0.05) is 116 Å². The summed E-state index contributed by atoms with van der Waals surface area (Å²) in [5, 5.41) is 17.5. The van der Waals surface area contributed by atoms with Crippen LogP contribution < -0.4 is 0 Å². The molecule has 11 heterocycles. The summed E-state index contributed by atoms with van der Waals surface area (Å²) >= 11 is 7.33. The Hall–Kier alpha value is -15.6. The Kier molecular flexibility index (Phi) is 16.5. The fourth-order valence-electron chi connectivity index (χ4n) is 19.8. The number of thiophene rings is 1. The van der Waals surface area contributed by atoms with Crippen LogP contribution in [0, 0.1) is 0 Å². The minimum atomic E-state index is 0.614. The lowest BCUT2D eigenvalue weighted by Crippen LogP contribution is -2.06. The largest absolute Gasteiger partial charge is 0.452 e. The Morgan fingerprint density at radius 3 is 0.961 bits per heavy atom. The molecule has 0 spiro atoms. The fraction of sp³-hybridized carbons (Fsp3) is 0. The lowest BCUT2D eigenvalue weighted by molar-refractivity contribution is 0.666. The predicted octanol–water partition coefficient (Wildman–Crippen LogP) is 30.9. The molecule has 128 heavy (non-hydrogen) atoms. The number of rotatable bonds is 10. The molecular weight excluding hydrogens is 1640 g/mol. The maximum atomic E-state index is 6.41. The summed E-state index contributed by atoms with van der Waals surface area (Å²) in [6, 6.07) is 137. The van der Waals surface area contributed by atoms with Gasteiger partial charge in [-0.2, -0.15) is 9.97 Å². The summed E-state index contributed by atoms with van der Waals surface area (Å²) in [4.78, 5) is 44.2. The molecule has 0 radical (unpaired) electrons. The molecular formula is C113H64N10OS4. The number of para-hydroxylation sites is 1. The second-order valence-corrected chi connectivity index (χ2v) is 36.7. The molecule has 3 aliphatic rings. The van der Waals surface area contributed by atoms with Crippen LogP contribution in [-0.4, -0.2) is 48.6 Å². The molecule has 0 saturated heterocycles. The van der Waals surface area contributed by atoms with E-state index in [4.69, 9.17) is 39.3 Å². The van der Waals surface area contributed by atoms with Crippen molar-refractivity contribution < 1.29 is 4.42 Å². The molecule has 18 aromatic carbocycles. The van der Waals surface area contributed by atoms with Gasteiger partial charge in [0.2, 0.25) is 17.8 Å². The molecule has 0 amide bonds. The predicted molar refractivity (Wildman–Crippen MR) is 530 cm³/mol. The highest BCUT2D eigenvalue weighted by Gasteiger charge is 2.33. The molecule has 29 rings (SSSR count). The van der Waals surface area contributed by atoms with E-state index < -0.39 is 0 Å². The van der Waals surface area contributed by atoms with Gasteiger partial charge < -0.3 is 4.42 Å². The van der Waals surface area contributed by atoms with Crippen molar-refractivity contribution in [3.05, 3.63) is 388 Å². The van der Waals surface area contributed by atoms with Gasteiger partial charge in [-0.05, 0) is 141 Å².